The van der Waals surface area contributed by atoms with Crippen LogP contribution in [0.5, 0.6) is 0 Å². The maximum Gasteiger partial charge on any atom is 0.267 e. The van der Waals surface area contributed by atoms with Crippen molar-refractivity contribution in [3.8, 4) is 6.07 Å². The zero-order valence-corrected chi connectivity index (χ0v) is 20.5. The molecule has 3 atom stereocenters. The van der Waals surface area contributed by atoms with Crippen LogP contribution in [0.4, 0.5) is 8.78 Å². The summed E-state index contributed by atoms with van der Waals surface area (Å²) in [6.07, 6.45) is 0.108. The molecule has 1 aromatic rings. The highest BCUT2D eigenvalue weighted by molar-refractivity contribution is 9.10. The summed E-state index contributed by atoms with van der Waals surface area (Å²) in [5, 5.41) is 10.8. The number of rotatable bonds is 5. The van der Waals surface area contributed by atoms with Crippen LogP contribution in [0.3, 0.4) is 0 Å². The summed E-state index contributed by atoms with van der Waals surface area (Å²) < 4.78 is 54.7. The summed E-state index contributed by atoms with van der Waals surface area (Å²) in [6.45, 7) is -0.913. The molecule has 1 heterocycles. The second-order valence-corrected chi connectivity index (χ2v) is 12.5. The van der Waals surface area contributed by atoms with E-state index in [-0.39, 0.29) is 36.7 Å². The Morgan fingerprint density at radius 1 is 1.21 bits per heavy atom. The van der Waals surface area contributed by atoms with E-state index in [1.54, 1.807) is 0 Å². The number of benzene rings is 1. The molecule has 3 aliphatic rings. The summed E-state index contributed by atoms with van der Waals surface area (Å²) in [6, 6.07) is 6.34. The molecule has 186 valence electrons. The van der Waals surface area contributed by atoms with Crippen molar-refractivity contribution in [2.75, 3.05) is 13.1 Å². The second-order valence-electron chi connectivity index (χ2n) is 8.98. The van der Waals surface area contributed by atoms with Gasteiger partial charge in [0.15, 0.2) is 9.84 Å². The van der Waals surface area contributed by atoms with Crippen molar-refractivity contribution in [1.82, 2.24) is 10.2 Å². The number of nitrogens with one attached hydrogen (secondary N) is 1. The van der Waals surface area contributed by atoms with Crippen molar-refractivity contribution in [1.29, 1.82) is 5.26 Å². The van der Waals surface area contributed by atoms with Crippen LogP contribution in [0.15, 0.2) is 27.6 Å². The summed E-state index contributed by atoms with van der Waals surface area (Å²) in [4.78, 5) is 27.1. The van der Waals surface area contributed by atoms with Gasteiger partial charge in [-0.05, 0) is 43.9 Å². The monoisotopic (exact) mass is 579 g/mol. The minimum Gasteiger partial charge on any atom is -0.338 e. The maximum atomic E-state index is 13.7. The number of halogens is 4. The molecule has 1 N–H and O–H groups in total. The largest absolute Gasteiger partial charge is 0.338 e. The summed E-state index contributed by atoms with van der Waals surface area (Å²) in [7, 11) is -4.02. The first-order valence-electron chi connectivity index (χ1n) is 10.5. The minimum atomic E-state index is -4.02. The third kappa shape index (κ3) is 5.09. The van der Waals surface area contributed by atoms with Crippen molar-refractivity contribution < 1.29 is 26.8 Å². The van der Waals surface area contributed by atoms with Crippen LogP contribution in [0.2, 0.25) is 5.02 Å². The Morgan fingerprint density at radius 2 is 1.85 bits per heavy atom. The van der Waals surface area contributed by atoms with E-state index < -0.39 is 63.2 Å². The van der Waals surface area contributed by atoms with Gasteiger partial charge in [0.1, 0.15) is 5.54 Å². The highest BCUT2D eigenvalue weighted by Crippen LogP contribution is 2.43. The second kappa shape index (κ2) is 9.36. The zero-order chi connectivity index (χ0) is 24.2. The van der Waals surface area contributed by atoms with Crippen molar-refractivity contribution in [2.45, 2.75) is 61.1 Å². The average molecular weight is 581 g/mol. The van der Waals surface area contributed by atoms with Crippen LogP contribution < -0.4 is 5.32 Å². The topological polar surface area (TPSA) is 107 Å². The number of nitrogens with zero attached hydrogens (tertiary/aromatic N) is 2. The van der Waals surface area contributed by atoms with Gasteiger partial charge in [-0.3, -0.25) is 9.59 Å². The van der Waals surface area contributed by atoms with Gasteiger partial charge in [0, 0.05) is 17.4 Å². The summed E-state index contributed by atoms with van der Waals surface area (Å²) >= 11 is 9.38. The molecule has 1 aromatic carbocycles. The molecule has 0 bridgehead atoms. The lowest BCUT2D eigenvalue weighted by Gasteiger charge is -2.24. The third-order valence-corrected chi connectivity index (χ3v) is 9.77. The van der Waals surface area contributed by atoms with E-state index in [1.807, 2.05) is 6.07 Å². The Balaban J connectivity index is 0.00000324. The number of amides is 2. The fraction of sp³-hybridized carbons (Fsp3) is 0.591. The molecule has 0 aromatic heterocycles. The molecule has 0 unspecified atom stereocenters. The lowest BCUT2D eigenvalue weighted by atomic mass is 9.93. The number of hydrogen-bond donors (Lipinski definition) is 1. The molecule has 2 aliphatic carbocycles. The molecule has 3 fully saturated rings. The van der Waals surface area contributed by atoms with Crippen LogP contribution in [0.1, 0.15) is 39.5 Å². The summed E-state index contributed by atoms with van der Waals surface area (Å²) in [5.41, 5.74) is -1.00. The molecule has 34 heavy (non-hydrogen) atoms. The first kappa shape index (κ1) is 26.8. The van der Waals surface area contributed by atoms with Gasteiger partial charge < -0.3 is 10.2 Å². The zero-order valence-electron chi connectivity index (χ0n) is 17.4. The van der Waals surface area contributed by atoms with Crippen molar-refractivity contribution in [3.05, 3.63) is 27.7 Å². The molecule has 1 aliphatic heterocycles. The number of carbonyl (C=O) groups is 2. The van der Waals surface area contributed by atoms with E-state index in [0.29, 0.717) is 17.3 Å². The molecule has 2 saturated carbocycles. The molecular weight excluding hydrogens is 556 g/mol. The van der Waals surface area contributed by atoms with Crippen LogP contribution in [-0.2, 0) is 19.4 Å². The minimum absolute atomic E-state index is 0. The number of sulfone groups is 1. The van der Waals surface area contributed by atoms with E-state index in [0.717, 1.165) is 4.90 Å². The lowest BCUT2D eigenvalue weighted by molar-refractivity contribution is -0.141. The van der Waals surface area contributed by atoms with Crippen molar-refractivity contribution in [2.24, 2.45) is 11.8 Å². The maximum absolute atomic E-state index is 13.7. The smallest absolute Gasteiger partial charge is 0.267 e. The van der Waals surface area contributed by atoms with Gasteiger partial charge in [0.05, 0.1) is 39.6 Å². The normalized spacial score (nSPS) is 26.9. The Hall–Kier alpha value is -1.77. The van der Waals surface area contributed by atoms with Crippen molar-refractivity contribution >= 4 is 49.2 Å². The first-order valence-corrected chi connectivity index (χ1v) is 13.2. The quantitative estimate of drug-likeness (QED) is 0.568. The Bertz CT molecular complexity index is 1150. The molecule has 0 radical (unpaired) electrons. The summed E-state index contributed by atoms with van der Waals surface area (Å²) in [5.74, 6) is -6.40. The van der Waals surface area contributed by atoms with Crippen LogP contribution in [0.25, 0.3) is 0 Å². The number of nitriles is 1. The fourth-order valence-electron chi connectivity index (χ4n) is 4.57. The molecule has 0 spiro atoms. The molecule has 1 saturated heterocycles. The van der Waals surface area contributed by atoms with Gasteiger partial charge in [-0.15, -0.1) is 0 Å². The van der Waals surface area contributed by atoms with E-state index in [9.17, 15) is 32.0 Å². The highest BCUT2D eigenvalue weighted by Gasteiger charge is 2.53. The van der Waals surface area contributed by atoms with E-state index in [4.69, 9.17) is 11.6 Å². The molecule has 4 rings (SSSR count). The fourth-order valence-corrected chi connectivity index (χ4v) is 7.43. The number of carbonyl (C=O) groups excluding carboxylic acids is 2. The van der Waals surface area contributed by atoms with Crippen LogP contribution in [0, 0.1) is 23.2 Å². The lowest BCUT2D eigenvalue weighted by Crippen LogP contribution is -2.45. The van der Waals surface area contributed by atoms with E-state index in [2.05, 4.69) is 21.2 Å². The van der Waals surface area contributed by atoms with Gasteiger partial charge in [-0.2, -0.15) is 5.26 Å². The molecule has 12 heteroatoms. The Kier molecular flexibility index (Phi) is 7.38. The number of hydrogen-bond acceptors (Lipinski definition) is 5. The van der Waals surface area contributed by atoms with Gasteiger partial charge in [0.2, 0.25) is 11.8 Å². The molecule has 7 nitrogen and oxygen atoms in total. The average Bonchev–Trinajstić information content (AvgIpc) is 3.18. The predicted octanol–water partition coefficient (Wildman–Crippen LogP) is 3.95. The first-order chi connectivity index (χ1) is 15.4. The van der Waals surface area contributed by atoms with E-state index in [1.165, 1.54) is 18.2 Å². The Morgan fingerprint density at radius 3 is 2.38 bits per heavy atom. The van der Waals surface area contributed by atoms with Crippen molar-refractivity contribution in [3.63, 3.8) is 0 Å². The van der Waals surface area contributed by atoms with Gasteiger partial charge in [-0.25, -0.2) is 17.2 Å². The van der Waals surface area contributed by atoms with Crippen LogP contribution >= 0.6 is 27.5 Å². The standard InChI is InChI=1S/C21H21BrClF2N3O4S.CH4/c22-12-1-2-17(16(23)7-12)33(31,32)13-8-14(18(29)27-20(10-26)3-4-20)15(9-13)19(30)28-6-5-21(24,25)11-28;/h1-2,7,13-15H,3-6,8-9,11H2,(H,27,29);1H4/t13-,14-,15-;/m1./s1. The molecule has 2 amide bonds. The Labute approximate surface area is 210 Å². The third-order valence-electron chi connectivity index (χ3n) is 6.62. The number of alkyl halides is 2. The SMILES string of the molecule is C.N#CC1(NC(=O)[C@@H]2C[C@@H](S(=O)(=O)c3ccc(Br)cc3Cl)C[C@H]2C(=O)N2CCC(F)(F)C2)CC1. The van der Waals surface area contributed by atoms with Crippen LogP contribution in [-0.4, -0.2) is 54.9 Å². The predicted molar refractivity (Wildman–Crippen MR) is 125 cm³/mol. The van der Waals surface area contributed by atoms with E-state index >= 15 is 0 Å². The van der Waals surface area contributed by atoms with Gasteiger partial charge in [-0.1, -0.05) is 35.0 Å². The van der Waals surface area contributed by atoms with Gasteiger partial charge >= 0.3 is 0 Å². The van der Waals surface area contributed by atoms with Gasteiger partial charge in [0.25, 0.3) is 5.92 Å². The highest BCUT2D eigenvalue weighted by atomic mass is 79.9. The number of likely N-dealkylation sites (tertiary alicyclic amines) is 1. The molecular formula is C22H25BrClF2N3O4S.